The zero-order valence-corrected chi connectivity index (χ0v) is 12.1. The van der Waals surface area contributed by atoms with Gasteiger partial charge in [0, 0.05) is 0 Å². The highest BCUT2D eigenvalue weighted by atomic mass is 16.6. The van der Waals surface area contributed by atoms with Crippen molar-refractivity contribution >= 4 is 0 Å². The van der Waals surface area contributed by atoms with Crippen LogP contribution in [0.5, 0.6) is 0 Å². The van der Waals surface area contributed by atoms with Gasteiger partial charge in [-0.1, -0.05) is 70.1 Å². The van der Waals surface area contributed by atoms with Gasteiger partial charge in [0.1, 0.15) is 11.7 Å². The number of hydrogen-bond acceptors (Lipinski definition) is 1. The molecule has 0 spiro atoms. The fraction of sp³-hybridized carbons (Fsp3) is 0.765. The van der Waals surface area contributed by atoms with Crippen LogP contribution in [0.4, 0.5) is 0 Å². The van der Waals surface area contributed by atoms with Crippen molar-refractivity contribution in [2.45, 2.75) is 83.3 Å². The number of fused-ring (bicyclic) bond motifs is 1. The van der Waals surface area contributed by atoms with Gasteiger partial charge in [0.25, 0.3) is 0 Å². The van der Waals surface area contributed by atoms with Crippen LogP contribution in [-0.2, 0) is 4.74 Å². The molecule has 0 aromatic rings. The quantitative estimate of drug-likeness (QED) is 0.405. The Balaban J connectivity index is 1.49. The van der Waals surface area contributed by atoms with Crippen molar-refractivity contribution in [2.75, 3.05) is 0 Å². The third-order valence-electron chi connectivity index (χ3n) is 4.23. The van der Waals surface area contributed by atoms with E-state index in [0.717, 1.165) is 0 Å². The fourth-order valence-corrected chi connectivity index (χ4v) is 2.92. The van der Waals surface area contributed by atoms with Gasteiger partial charge in [-0.3, -0.25) is 0 Å². The Kier molecular flexibility index (Phi) is 5.05. The number of hydrogen-bond donors (Lipinski definition) is 0. The molecule has 0 amide bonds. The van der Waals surface area contributed by atoms with Gasteiger partial charge in [0.2, 0.25) is 0 Å². The van der Waals surface area contributed by atoms with Crippen LogP contribution in [-0.4, -0.2) is 11.7 Å². The van der Waals surface area contributed by atoms with Gasteiger partial charge in [-0.2, -0.15) is 0 Å². The minimum atomic E-state index is 0.0598. The second kappa shape index (κ2) is 6.56. The molecule has 18 heavy (non-hydrogen) atoms. The fourth-order valence-electron chi connectivity index (χ4n) is 2.92. The molecule has 0 N–H and O–H groups in total. The second-order valence-electron chi connectivity index (χ2n) is 6.01. The van der Waals surface area contributed by atoms with Gasteiger partial charge < -0.3 is 4.74 Å². The molecule has 2 rings (SSSR count). The van der Waals surface area contributed by atoms with Crippen LogP contribution in [0.15, 0.2) is 23.8 Å². The van der Waals surface area contributed by atoms with Gasteiger partial charge in [-0.05, 0) is 25.3 Å². The predicted molar refractivity (Wildman–Crippen MR) is 77.7 cm³/mol. The van der Waals surface area contributed by atoms with Crippen LogP contribution in [0.3, 0.4) is 0 Å². The Morgan fingerprint density at radius 3 is 2.44 bits per heavy atom. The Morgan fingerprint density at radius 1 is 1.06 bits per heavy atom. The smallest absolute Gasteiger partial charge is 0.115 e. The normalized spacial score (nSPS) is 29.0. The summed E-state index contributed by atoms with van der Waals surface area (Å²) in [6.45, 7) is 4.47. The average molecular weight is 248 g/mol. The van der Waals surface area contributed by atoms with E-state index < -0.39 is 0 Å². The minimum absolute atomic E-state index is 0.0598. The van der Waals surface area contributed by atoms with Crippen molar-refractivity contribution in [1.82, 2.24) is 0 Å². The van der Waals surface area contributed by atoms with Crippen molar-refractivity contribution in [1.29, 1.82) is 0 Å². The standard InChI is InChI=1S/C17H28O/c1-3-4-5-6-7-8-9-10-12-15-13-11-14-17(2)16(15)18-17/h11,13-14,16H,3-10,12H2,1-2H3. The lowest BCUT2D eigenvalue weighted by Crippen LogP contribution is -2.10. The van der Waals surface area contributed by atoms with Crippen LogP contribution < -0.4 is 0 Å². The zero-order chi connectivity index (χ0) is 12.8. The molecule has 1 heterocycles. The molecule has 1 fully saturated rings. The van der Waals surface area contributed by atoms with E-state index >= 15 is 0 Å². The number of unbranched alkanes of at least 4 members (excludes halogenated alkanes) is 7. The van der Waals surface area contributed by atoms with Gasteiger partial charge in [0.15, 0.2) is 0 Å². The molecular formula is C17H28O. The summed E-state index contributed by atoms with van der Waals surface area (Å²) in [5, 5.41) is 0. The highest BCUT2D eigenvalue weighted by molar-refractivity contribution is 5.36. The monoisotopic (exact) mass is 248 g/mol. The SMILES string of the molecule is CCCCCCCCCCC1=CC=CC2(C)OC12. The van der Waals surface area contributed by atoms with Crippen molar-refractivity contribution in [3.63, 3.8) is 0 Å². The summed E-state index contributed by atoms with van der Waals surface area (Å²) in [5.41, 5.74) is 1.58. The minimum Gasteiger partial charge on any atom is -0.357 e. The van der Waals surface area contributed by atoms with E-state index in [-0.39, 0.29) is 5.60 Å². The van der Waals surface area contributed by atoms with Crippen LogP contribution >= 0.6 is 0 Å². The number of ether oxygens (including phenoxy) is 1. The number of epoxide rings is 1. The summed E-state index contributed by atoms with van der Waals surface area (Å²) in [6.07, 6.45) is 19.5. The van der Waals surface area contributed by atoms with Crippen molar-refractivity contribution in [3.8, 4) is 0 Å². The summed E-state index contributed by atoms with van der Waals surface area (Å²) in [5.74, 6) is 0. The van der Waals surface area contributed by atoms with E-state index in [9.17, 15) is 0 Å². The van der Waals surface area contributed by atoms with Gasteiger partial charge in [-0.25, -0.2) is 0 Å². The van der Waals surface area contributed by atoms with E-state index in [1.165, 1.54) is 63.4 Å². The summed E-state index contributed by atoms with van der Waals surface area (Å²) in [6, 6.07) is 0. The summed E-state index contributed by atoms with van der Waals surface area (Å²) < 4.78 is 5.75. The molecule has 1 nitrogen and oxygen atoms in total. The summed E-state index contributed by atoms with van der Waals surface area (Å²) >= 11 is 0. The van der Waals surface area contributed by atoms with Gasteiger partial charge >= 0.3 is 0 Å². The van der Waals surface area contributed by atoms with Crippen LogP contribution in [0.1, 0.15) is 71.6 Å². The Bertz CT molecular complexity index is 316. The number of rotatable bonds is 9. The zero-order valence-electron chi connectivity index (χ0n) is 12.1. The first-order chi connectivity index (χ1) is 8.76. The summed E-state index contributed by atoms with van der Waals surface area (Å²) in [7, 11) is 0. The maximum absolute atomic E-state index is 5.75. The van der Waals surface area contributed by atoms with Gasteiger partial charge in [0.05, 0.1) is 0 Å². The third-order valence-corrected chi connectivity index (χ3v) is 4.23. The first kappa shape index (κ1) is 13.9. The second-order valence-corrected chi connectivity index (χ2v) is 6.01. The molecule has 2 unspecified atom stereocenters. The first-order valence-electron chi connectivity index (χ1n) is 7.82. The molecule has 0 aromatic carbocycles. The molecule has 0 radical (unpaired) electrons. The molecule has 0 saturated carbocycles. The number of allylic oxidation sites excluding steroid dienone is 2. The van der Waals surface area contributed by atoms with Crippen molar-refractivity contribution < 1.29 is 4.74 Å². The molecule has 102 valence electrons. The highest BCUT2D eigenvalue weighted by Crippen LogP contribution is 2.45. The maximum atomic E-state index is 5.75. The van der Waals surface area contributed by atoms with Crippen molar-refractivity contribution in [3.05, 3.63) is 23.8 Å². The first-order valence-corrected chi connectivity index (χ1v) is 7.82. The molecule has 2 aliphatic rings. The largest absolute Gasteiger partial charge is 0.357 e. The molecule has 0 bridgehead atoms. The maximum Gasteiger partial charge on any atom is 0.115 e. The van der Waals surface area contributed by atoms with E-state index in [0.29, 0.717) is 6.10 Å². The third kappa shape index (κ3) is 3.71. The molecule has 1 aliphatic carbocycles. The molecule has 1 aliphatic heterocycles. The van der Waals surface area contributed by atoms with E-state index in [4.69, 9.17) is 4.74 Å². The van der Waals surface area contributed by atoms with Crippen molar-refractivity contribution in [2.24, 2.45) is 0 Å². The van der Waals surface area contributed by atoms with E-state index in [1.807, 2.05) is 0 Å². The lowest BCUT2D eigenvalue weighted by molar-refractivity contribution is 0.352. The lowest BCUT2D eigenvalue weighted by atomic mass is 9.92. The molecule has 2 atom stereocenters. The Labute approximate surface area is 112 Å². The van der Waals surface area contributed by atoms with Crippen LogP contribution in [0.2, 0.25) is 0 Å². The average Bonchev–Trinajstić information content (AvgIpc) is 3.05. The molecular weight excluding hydrogens is 220 g/mol. The molecule has 1 saturated heterocycles. The Morgan fingerprint density at radius 2 is 1.72 bits per heavy atom. The van der Waals surface area contributed by atoms with Crippen LogP contribution in [0, 0.1) is 0 Å². The van der Waals surface area contributed by atoms with Gasteiger partial charge in [-0.15, -0.1) is 0 Å². The highest BCUT2D eigenvalue weighted by Gasteiger charge is 2.52. The molecule has 0 aromatic heterocycles. The topological polar surface area (TPSA) is 12.5 Å². The van der Waals surface area contributed by atoms with Crippen LogP contribution in [0.25, 0.3) is 0 Å². The summed E-state index contributed by atoms with van der Waals surface area (Å²) in [4.78, 5) is 0. The Hall–Kier alpha value is -0.560. The predicted octanol–water partition coefficient (Wildman–Crippen LogP) is 5.17. The van der Waals surface area contributed by atoms with E-state index in [2.05, 4.69) is 32.1 Å². The van der Waals surface area contributed by atoms with E-state index in [1.54, 1.807) is 0 Å². The lowest BCUT2D eigenvalue weighted by Gasteiger charge is -2.09. The molecule has 1 heteroatoms.